The number of carbonyl (C=O) groups excluding carboxylic acids is 1. The molecular weight excluding hydrogens is 286 g/mol. The number of hydrogen-bond acceptors (Lipinski definition) is 2. The maximum absolute atomic E-state index is 12.5. The summed E-state index contributed by atoms with van der Waals surface area (Å²) in [6.45, 7) is 3.83. The molecule has 0 saturated carbocycles. The average molecular weight is 304 g/mol. The number of aryl methyl sites for hydroxylation is 1. The molecule has 0 spiro atoms. The van der Waals surface area contributed by atoms with E-state index in [9.17, 15) is 9.90 Å². The van der Waals surface area contributed by atoms with Crippen molar-refractivity contribution in [2.45, 2.75) is 19.9 Å². The van der Waals surface area contributed by atoms with Crippen molar-refractivity contribution >= 4 is 17.5 Å². The number of halogens is 1. The highest BCUT2D eigenvalue weighted by Crippen LogP contribution is 2.24. The fourth-order valence-corrected chi connectivity index (χ4v) is 2.25. The number of phenols is 1. The summed E-state index contributed by atoms with van der Waals surface area (Å²) in [7, 11) is 1.77. The lowest BCUT2D eigenvalue weighted by atomic mass is 10.1. The number of phenolic OH excluding ortho intramolecular Hbond substituents is 1. The summed E-state index contributed by atoms with van der Waals surface area (Å²) in [5, 5.41) is 9.98. The molecule has 0 aliphatic carbocycles. The molecule has 1 unspecified atom stereocenters. The Labute approximate surface area is 129 Å². The van der Waals surface area contributed by atoms with Crippen molar-refractivity contribution in [3.05, 3.63) is 64.2 Å². The number of aromatic hydroxyl groups is 1. The normalized spacial score (nSPS) is 12.0. The number of carbonyl (C=O) groups is 1. The van der Waals surface area contributed by atoms with Crippen LogP contribution in [0.4, 0.5) is 0 Å². The third kappa shape index (κ3) is 3.37. The number of rotatable bonds is 3. The molecule has 0 aromatic heterocycles. The molecule has 0 radical (unpaired) electrons. The minimum Gasteiger partial charge on any atom is -0.508 e. The van der Waals surface area contributed by atoms with Gasteiger partial charge in [0.05, 0.1) is 6.04 Å². The molecule has 0 fully saturated rings. The predicted molar refractivity (Wildman–Crippen MR) is 84.8 cm³/mol. The van der Waals surface area contributed by atoms with Crippen LogP contribution in [0.5, 0.6) is 5.75 Å². The lowest BCUT2D eigenvalue weighted by Gasteiger charge is -2.25. The van der Waals surface area contributed by atoms with Crippen LogP contribution in [0.2, 0.25) is 5.02 Å². The van der Waals surface area contributed by atoms with Crippen LogP contribution in [-0.2, 0) is 0 Å². The van der Waals surface area contributed by atoms with Gasteiger partial charge in [0.2, 0.25) is 0 Å². The van der Waals surface area contributed by atoms with Crippen molar-refractivity contribution in [2.75, 3.05) is 7.05 Å². The van der Waals surface area contributed by atoms with E-state index in [1.54, 1.807) is 42.3 Å². The first kappa shape index (κ1) is 15.4. The van der Waals surface area contributed by atoms with Gasteiger partial charge in [-0.15, -0.1) is 0 Å². The van der Waals surface area contributed by atoms with Crippen molar-refractivity contribution < 1.29 is 9.90 Å². The lowest BCUT2D eigenvalue weighted by Crippen LogP contribution is -2.29. The van der Waals surface area contributed by atoms with Crippen molar-refractivity contribution in [2.24, 2.45) is 0 Å². The number of amides is 1. The Balaban J connectivity index is 2.21. The topological polar surface area (TPSA) is 40.5 Å². The highest BCUT2D eigenvalue weighted by molar-refractivity contribution is 6.31. The summed E-state index contributed by atoms with van der Waals surface area (Å²) in [6, 6.07) is 12.1. The molecule has 0 bridgehead atoms. The van der Waals surface area contributed by atoms with Gasteiger partial charge >= 0.3 is 0 Å². The molecule has 1 atom stereocenters. The zero-order chi connectivity index (χ0) is 15.6. The van der Waals surface area contributed by atoms with E-state index in [1.165, 1.54) is 0 Å². The number of hydrogen-bond donors (Lipinski definition) is 1. The first-order valence-electron chi connectivity index (χ1n) is 6.72. The molecular formula is C17H18ClNO2. The average Bonchev–Trinajstić information content (AvgIpc) is 2.48. The fourth-order valence-electron chi connectivity index (χ4n) is 2.13. The smallest absolute Gasteiger partial charge is 0.254 e. The summed E-state index contributed by atoms with van der Waals surface area (Å²) in [5.41, 5.74) is 2.47. The van der Waals surface area contributed by atoms with Crippen molar-refractivity contribution in [1.82, 2.24) is 4.90 Å². The van der Waals surface area contributed by atoms with E-state index < -0.39 is 0 Å². The first-order valence-corrected chi connectivity index (χ1v) is 7.10. The molecule has 21 heavy (non-hydrogen) atoms. The van der Waals surface area contributed by atoms with E-state index >= 15 is 0 Å². The second-order valence-corrected chi connectivity index (χ2v) is 5.55. The zero-order valence-corrected chi connectivity index (χ0v) is 13.1. The Hall–Kier alpha value is -2.00. The van der Waals surface area contributed by atoms with Crippen molar-refractivity contribution in [3.8, 4) is 5.75 Å². The van der Waals surface area contributed by atoms with E-state index in [4.69, 9.17) is 11.6 Å². The molecule has 1 N–H and O–H groups in total. The van der Waals surface area contributed by atoms with Gasteiger partial charge in [0.1, 0.15) is 5.75 Å². The van der Waals surface area contributed by atoms with Gasteiger partial charge < -0.3 is 10.0 Å². The molecule has 2 rings (SSSR count). The monoisotopic (exact) mass is 303 g/mol. The molecule has 1 amide bonds. The zero-order valence-electron chi connectivity index (χ0n) is 12.3. The van der Waals surface area contributed by atoms with Gasteiger partial charge in [0.15, 0.2) is 0 Å². The number of benzene rings is 2. The van der Waals surface area contributed by atoms with Gasteiger partial charge in [-0.25, -0.2) is 0 Å². The van der Waals surface area contributed by atoms with Crippen LogP contribution in [-0.4, -0.2) is 23.0 Å². The van der Waals surface area contributed by atoms with Gasteiger partial charge in [-0.05, 0) is 55.3 Å². The lowest BCUT2D eigenvalue weighted by molar-refractivity contribution is 0.0742. The summed E-state index contributed by atoms with van der Waals surface area (Å²) in [4.78, 5) is 14.2. The van der Waals surface area contributed by atoms with E-state index in [0.29, 0.717) is 10.6 Å². The van der Waals surface area contributed by atoms with E-state index in [2.05, 4.69) is 0 Å². The molecule has 2 aromatic rings. The molecule has 0 aliphatic rings. The molecule has 110 valence electrons. The number of nitrogens with zero attached hydrogens (tertiary/aromatic N) is 1. The molecule has 0 heterocycles. The van der Waals surface area contributed by atoms with Crippen LogP contribution >= 0.6 is 11.6 Å². The highest BCUT2D eigenvalue weighted by Gasteiger charge is 2.19. The molecule has 3 nitrogen and oxygen atoms in total. The van der Waals surface area contributed by atoms with Crippen LogP contribution in [0.3, 0.4) is 0 Å². The molecule has 4 heteroatoms. The summed E-state index contributed by atoms with van der Waals surface area (Å²) in [5.74, 6) is 0.156. The molecule has 0 saturated heterocycles. The SMILES string of the molecule is Cc1cc(C(=O)N(C)C(C)c2ccc(O)cc2)ccc1Cl. The van der Waals surface area contributed by atoms with Crippen LogP contribution < -0.4 is 0 Å². The van der Waals surface area contributed by atoms with Crippen LogP contribution in [0.15, 0.2) is 42.5 Å². The summed E-state index contributed by atoms with van der Waals surface area (Å²) >= 11 is 5.99. The Morgan fingerprint density at radius 2 is 1.81 bits per heavy atom. The minimum absolute atomic E-state index is 0.0599. The summed E-state index contributed by atoms with van der Waals surface area (Å²) < 4.78 is 0. The van der Waals surface area contributed by atoms with Gasteiger partial charge in [0, 0.05) is 17.6 Å². The third-order valence-electron chi connectivity index (χ3n) is 3.68. The predicted octanol–water partition coefficient (Wildman–Crippen LogP) is 4.19. The van der Waals surface area contributed by atoms with Gasteiger partial charge in [-0.3, -0.25) is 4.79 Å². The minimum atomic E-state index is -0.0888. The third-order valence-corrected chi connectivity index (χ3v) is 4.11. The second kappa shape index (κ2) is 6.19. The Kier molecular flexibility index (Phi) is 4.53. The maximum atomic E-state index is 12.5. The standard InChI is InChI=1S/C17H18ClNO2/c1-11-10-14(6-9-16(11)18)17(21)19(3)12(2)13-4-7-15(20)8-5-13/h4-10,12,20H,1-3H3. The van der Waals surface area contributed by atoms with E-state index in [0.717, 1.165) is 11.1 Å². The van der Waals surface area contributed by atoms with Gasteiger partial charge in [-0.2, -0.15) is 0 Å². The van der Waals surface area contributed by atoms with Crippen molar-refractivity contribution in [3.63, 3.8) is 0 Å². The summed E-state index contributed by atoms with van der Waals surface area (Å²) in [6.07, 6.45) is 0. The Morgan fingerprint density at radius 3 is 2.38 bits per heavy atom. The van der Waals surface area contributed by atoms with Crippen molar-refractivity contribution in [1.29, 1.82) is 0 Å². The second-order valence-electron chi connectivity index (χ2n) is 5.15. The van der Waals surface area contributed by atoms with Crippen LogP contribution in [0.25, 0.3) is 0 Å². The van der Waals surface area contributed by atoms with Crippen LogP contribution in [0, 0.1) is 6.92 Å². The Morgan fingerprint density at radius 1 is 1.19 bits per heavy atom. The first-order chi connectivity index (χ1) is 9.90. The quantitative estimate of drug-likeness (QED) is 0.923. The van der Waals surface area contributed by atoms with Crippen LogP contribution in [0.1, 0.15) is 34.5 Å². The molecule has 0 aliphatic heterocycles. The van der Waals surface area contributed by atoms with Gasteiger partial charge in [0.25, 0.3) is 5.91 Å². The van der Waals surface area contributed by atoms with Gasteiger partial charge in [-0.1, -0.05) is 23.7 Å². The van der Waals surface area contributed by atoms with E-state index in [1.807, 2.05) is 26.0 Å². The molecule has 2 aromatic carbocycles. The fraction of sp³-hybridized carbons (Fsp3) is 0.235. The van der Waals surface area contributed by atoms with E-state index in [-0.39, 0.29) is 17.7 Å². The largest absolute Gasteiger partial charge is 0.508 e. The maximum Gasteiger partial charge on any atom is 0.254 e. The highest BCUT2D eigenvalue weighted by atomic mass is 35.5. The Bertz CT molecular complexity index is 652.